The predicted octanol–water partition coefficient (Wildman–Crippen LogP) is 1.97. The quantitative estimate of drug-likeness (QED) is 0.845. The van der Waals surface area contributed by atoms with Crippen molar-refractivity contribution in [2.75, 3.05) is 0 Å². The van der Waals surface area contributed by atoms with Gasteiger partial charge in [-0.05, 0) is 30.5 Å². The fourth-order valence-electron chi connectivity index (χ4n) is 1.31. The van der Waals surface area contributed by atoms with Gasteiger partial charge in [-0.15, -0.1) is 0 Å². The molecule has 5 heteroatoms. The van der Waals surface area contributed by atoms with Crippen LogP contribution in [0.5, 0.6) is 5.75 Å². The maximum atomic E-state index is 10.7. The second-order valence-electron chi connectivity index (χ2n) is 3.82. The Bertz CT molecular complexity index is 418. The molecule has 0 radical (unpaired) electrons. The first-order chi connectivity index (χ1) is 7.58. The van der Waals surface area contributed by atoms with E-state index >= 15 is 0 Å². The molecule has 1 saturated carbocycles. The van der Waals surface area contributed by atoms with E-state index in [4.69, 9.17) is 27.2 Å². The van der Waals surface area contributed by atoms with Gasteiger partial charge in [-0.25, -0.2) is 0 Å². The summed E-state index contributed by atoms with van der Waals surface area (Å²) < 4.78 is 5.53. The Morgan fingerprint density at radius 3 is 2.75 bits per heavy atom. The van der Waals surface area contributed by atoms with E-state index < -0.39 is 12.0 Å². The number of carbonyl (C=O) groups is 1. The van der Waals surface area contributed by atoms with E-state index in [2.05, 4.69) is 0 Å². The van der Waals surface area contributed by atoms with E-state index in [-0.39, 0.29) is 6.10 Å². The van der Waals surface area contributed by atoms with Crippen LogP contribution in [0.25, 0.3) is 0 Å². The summed E-state index contributed by atoms with van der Waals surface area (Å²) in [5, 5.41) is 9.16. The maximum absolute atomic E-state index is 10.7. The van der Waals surface area contributed by atoms with Crippen molar-refractivity contribution >= 4 is 17.6 Å². The molecule has 0 amide bonds. The zero-order chi connectivity index (χ0) is 11.7. The summed E-state index contributed by atoms with van der Waals surface area (Å²) >= 11 is 5.98. The van der Waals surface area contributed by atoms with E-state index in [0.29, 0.717) is 16.3 Å². The Balaban J connectivity index is 2.17. The monoisotopic (exact) mass is 241 g/mol. The van der Waals surface area contributed by atoms with Crippen LogP contribution >= 0.6 is 11.6 Å². The third-order valence-electron chi connectivity index (χ3n) is 2.40. The van der Waals surface area contributed by atoms with Gasteiger partial charge in [0, 0.05) is 0 Å². The molecule has 1 fully saturated rings. The molecular weight excluding hydrogens is 230 g/mol. The van der Waals surface area contributed by atoms with Crippen LogP contribution in [0.3, 0.4) is 0 Å². The number of carboxylic acids is 1. The summed E-state index contributed by atoms with van der Waals surface area (Å²) in [5.74, 6) is -0.488. The molecule has 1 aromatic rings. The molecule has 3 N–H and O–H groups in total. The van der Waals surface area contributed by atoms with Gasteiger partial charge in [0.2, 0.25) is 0 Å². The van der Waals surface area contributed by atoms with Gasteiger partial charge in [0.05, 0.1) is 11.1 Å². The molecular formula is C11H12ClNO3. The number of nitrogens with two attached hydrogens (primary N) is 1. The fourth-order valence-corrected chi connectivity index (χ4v) is 1.55. The van der Waals surface area contributed by atoms with E-state index in [1.165, 1.54) is 6.07 Å². The first-order valence-electron chi connectivity index (χ1n) is 5.02. The number of aliphatic carboxylic acids is 1. The zero-order valence-electron chi connectivity index (χ0n) is 8.52. The van der Waals surface area contributed by atoms with Crippen molar-refractivity contribution in [2.45, 2.75) is 25.0 Å². The Kier molecular flexibility index (Phi) is 3.03. The lowest BCUT2D eigenvalue weighted by atomic mass is 10.1. The third-order valence-corrected chi connectivity index (χ3v) is 2.69. The highest BCUT2D eigenvalue weighted by atomic mass is 35.5. The van der Waals surface area contributed by atoms with Gasteiger partial charge >= 0.3 is 5.97 Å². The van der Waals surface area contributed by atoms with Gasteiger partial charge in [0.15, 0.2) is 0 Å². The lowest BCUT2D eigenvalue weighted by Crippen LogP contribution is -2.20. The van der Waals surface area contributed by atoms with Crippen molar-refractivity contribution in [1.29, 1.82) is 0 Å². The molecule has 2 rings (SSSR count). The zero-order valence-corrected chi connectivity index (χ0v) is 9.28. The molecule has 0 saturated heterocycles. The average molecular weight is 242 g/mol. The summed E-state index contributed by atoms with van der Waals surface area (Å²) in [5.41, 5.74) is 5.94. The third kappa shape index (κ3) is 2.46. The smallest absolute Gasteiger partial charge is 0.325 e. The Hall–Kier alpha value is -1.26. The van der Waals surface area contributed by atoms with Crippen molar-refractivity contribution in [2.24, 2.45) is 5.73 Å². The summed E-state index contributed by atoms with van der Waals surface area (Å²) in [7, 11) is 0. The van der Waals surface area contributed by atoms with Gasteiger partial charge < -0.3 is 15.6 Å². The van der Waals surface area contributed by atoms with Crippen LogP contribution in [-0.2, 0) is 4.79 Å². The SMILES string of the molecule is NC(C(=O)O)c1ccc(OC2CC2)c(Cl)c1. The van der Waals surface area contributed by atoms with Crippen molar-refractivity contribution < 1.29 is 14.6 Å². The van der Waals surface area contributed by atoms with Crippen molar-refractivity contribution in [1.82, 2.24) is 0 Å². The highest BCUT2D eigenvalue weighted by Gasteiger charge is 2.25. The normalized spacial score (nSPS) is 16.9. The van der Waals surface area contributed by atoms with Gasteiger partial charge in [-0.2, -0.15) is 0 Å². The fraction of sp³-hybridized carbons (Fsp3) is 0.364. The number of benzene rings is 1. The van der Waals surface area contributed by atoms with Crippen LogP contribution in [0.4, 0.5) is 0 Å². The minimum Gasteiger partial charge on any atom is -0.489 e. The Morgan fingerprint density at radius 2 is 2.25 bits per heavy atom. The highest BCUT2D eigenvalue weighted by Crippen LogP contribution is 2.33. The first kappa shape index (κ1) is 11.2. The molecule has 0 spiro atoms. The highest BCUT2D eigenvalue weighted by molar-refractivity contribution is 6.32. The van der Waals surface area contributed by atoms with Gasteiger partial charge in [0.1, 0.15) is 11.8 Å². The molecule has 1 unspecified atom stereocenters. The molecule has 16 heavy (non-hydrogen) atoms. The number of halogens is 1. The van der Waals surface area contributed by atoms with Crippen LogP contribution in [-0.4, -0.2) is 17.2 Å². The summed E-state index contributed by atoms with van der Waals surface area (Å²) in [6.07, 6.45) is 2.36. The molecule has 1 atom stereocenters. The topological polar surface area (TPSA) is 72.6 Å². The molecule has 0 bridgehead atoms. The van der Waals surface area contributed by atoms with E-state index in [1.807, 2.05) is 0 Å². The standard InChI is InChI=1S/C11H12ClNO3/c12-8-5-6(10(13)11(14)15)1-4-9(8)16-7-2-3-7/h1,4-5,7,10H,2-3,13H2,(H,14,15). The summed E-state index contributed by atoms with van der Waals surface area (Å²) in [6, 6.07) is 3.78. The molecule has 86 valence electrons. The molecule has 1 aliphatic rings. The average Bonchev–Trinajstić information content (AvgIpc) is 3.03. The van der Waals surface area contributed by atoms with Gasteiger partial charge in [-0.1, -0.05) is 17.7 Å². The molecule has 0 aromatic heterocycles. The van der Waals surface area contributed by atoms with Crippen molar-refractivity contribution in [3.05, 3.63) is 28.8 Å². The van der Waals surface area contributed by atoms with E-state index in [0.717, 1.165) is 12.8 Å². The van der Waals surface area contributed by atoms with Crippen LogP contribution in [0, 0.1) is 0 Å². The van der Waals surface area contributed by atoms with Crippen LogP contribution in [0.15, 0.2) is 18.2 Å². The van der Waals surface area contributed by atoms with Gasteiger partial charge in [-0.3, -0.25) is 4.79 Å². The Morgan fingerprint density at radius 1 is 1.56 bits per heavy atom. The number of hydrogen-bond donors (Lipinski definition) is 2. The molecule has 4 nitrogen and oxygen atoms in total. The van der Waals surface area contributed by atoms with E-state index in [1.54, 1.807) is 12.1 Å². The molecule has 1 aliphatic carbocycles. The number of rotatable bonds is 4. The second-order valence-corrected chi connectivity index (χ2v) is 4.23. The lowest BCUT2D eigenvalue weighted by molar-refractivity contribution is -0.138. The number of ether oxygens (including phenoxy) is 1. The van der Waals surface area contributed by atoms with E-state index in [9.17, 15) is 4.79 Å². The Labute approximate surface area is 98.0 Å². The summed E-state index contributed by atoms with van der Waals surface area (Å²) in [6.45, 7) is 0. The molecule has 0 heterocycles. The number of hydrogen-bond acceptors (Lipinski definition) is 3. The second kappa shape index (κ2) is 4.31. The molecule has 1 aromatic carbocycles. The maximum Gasteiger partial charge on any atom is 0.325 e. The minimum atomic E-state index is -1.08. The first-order valence-corrected chi connectivity index (χ1v) is 5.40. The molecule has 0 aliphatic heterocycles. The largest absolute Gasteiger partial charge is 0.489 e. The predicted molar refractivity (Wildman–Crippen MR) is 59.7 cm³/mol. The van der Waals surface area contributed by atoms with Crippen molar-refractivity contribution in [3.8, 4) is 5.75 Å². The number of carboxylic acid groups (broad SMARTS) is 1. The van der Waals surface area contributed by atoms with Crippen LogP contribution in [0.1, 0.15) is 24.4 Å². The van der Waals surface area contributed by atoms with Crippen molar-refractivity contribution in [3.63, 3.8) is 0 Å². The van der Waals surface area contributed by atoms with Crippen LogP contribution < -0.4 is 10.5 Å². The van der Waals surface area contributed by atoms with Gasteiger partial charge in [0.25, 0.3) is 0 Å². The minimum absolute atomic E-state index is 0.261. The van der Waals surface area contributed by atoms with Crippen LogP contribution in [0.2, 0.25) is 5.02 Å². The lowest BCUT2D eigenvalue weighted by Gasteiger charge is -2.10. The summed E-state index contributed by atoms with van der Waals surface area (Å²) in [4.78, 5) is 10.7.